The highest BCUT2D eigenvalue weighted by Gasteiger charge is 2.07. The van der Waals surface area contributed by atoms with E-state index in [1.54, 1.807) is 7.05 Å². The van der Waals surface area contributed by atoms with E-state index in [4.69, 9.17) is 4.84 Å². The maximum absolute atomic E-state index is 11.4. The van der Waals surface area contributed by atoms with E-state index in [1.165, 1.54) is 12.2 Å². The first-order valence-corrected chi connectivity index (χ1v) is 5.48. The number of halogens is 1. The fraction of sp³-hybridized carbons (Fsp3) is 0.364. The Morgan fingerprint density at radius 2 is 2.27 bits per heavy atom. The third kappa shape index (κ3) is 4.01. The summed E-state index contributed by atoms with van der Waals surface area (Å²) in [5, 5.41) is 1.25. The predicted molar refractivity (Wildman–Crippen MR) is 62.2 cm³/mol. The van der Waals surface area contributed by atoms with Gasteiger partial charge in [0.05, 0.1) is 7.11 Å². The molecule has 0 saturated heterocycles. The van der Waals surface area contributed by atoms with Crippen molar-refractivity contribution in [2.75, 3.05) is 14.2 Å². The highest BCUT2D eigenvalue weighted by atomic mass is 79.9. The maximum atomic E-state index is 11.4. The fourth-order valence-corrected chi connectivity index (χ4v) is 1.65. The van der Waals surface area contributed by atoms with E-state index in [1.807, 2.05) is 24.3 Å². The lowest BCUT2D eigenvalue weighted by Gasteiger charge is -2.13. The molecule has 0 spiro atoms. The molecule has 0 N–H and O–H groups in total. The Hall–Kier alpha value is -0.870. The molecule has 1 aromatic rings. The van der Waals surface area contributed by atoms with E-state index < -0.39 is 0 Å². The topological polar surface area (TPSA) is 29.5 Å². The van der Waals surface area contributed by atoms with Crippen LogP contribution in [0.15, 0.2) is 28.7 Å². The van der Waals surface area contributed by atoms with Gasteiger partial charge in [-0.05, 0) is 24.1 Å². The summed E-state index contributed by atoms with van der Waals surface area (Å²) in [7, 11) is 3.10. The van der Waals surface area contributed by atoms with Gasteiger partial charge in [-0.1, -0.05) is 28.1 Å². The number of nitrogens with zero attached hydrogens (tertiary/aromatic N) is 1. The van der Waals surface area contributed by atoms with Gasteiger partial charge in [0.1, 0.15) is 0 Å². The zero-order valence-corrected chi connectivity index (χ0v) is 10.5. The highest BCUT2D eigenvalue weighted by molar-refractivity contribution is 9.10. The molecule has 1 amide bonds. The SMILES string of the molecule is CON(C)C(=O)CCc1cccc(Br)c1. The van der Waals surface area contributed by atoms with Crippen LogP contribution in [-0.4, -0.2) is 25.1 Å². The molecule has 1 aromatic carbocycles. The second kappa shape index (κ2) is 5.88. The van der Waals surface area contributed by atoms with Crippen molar-refractivity contribution in [3.8, 4) is 0 Å². The monoisotopic (exact) mass is 271 g/mol. The summed E-state index contributed by atoms with van der Waals surface area (Å²) in [6.07, 6.45) is 1.19. The van der Waals surface area contributed by atoms with Gasteiger partial charge < -0.3 is 0 Å². The first-order chi connectivity index (χ1) is 7.13. The van der Waals surface area contributed by atoms with Gasteiger partial charge in [-0.2, -0.15) is 0 Å². The molecule has 3 nitrogen and oxygen atoms in total. The molecule has 0 radical (unpaired) electrons. The molecule has 15 heavy (non-hydrogen) atoms. The van der Waals surface area contributed by atoms with Crippen LogP contribution in [0.1, 0.15) is 12.0 Å². The Balaban J connectivity index is 2.47. The van der Waals surface area contributed by atoms with Crippen molar-refractivity contribution in [2.24, 2.45) is 0 Å². The minimum atomic E-state index is -0.0162. The molecular formula is C11H14BrNO2. The lowest BCUT2D eigenvalue weighted by atomic mass is 10.1. The van der Waals surface area contributed by atoms with Crippen molar-refractivity contribution in [1.82, 2.24) is 5.06 Å². The molecule has 0 aromatic heterocycles. The zero-order valence-electron chi connectivity index (χ0n) is 8.87. The molecular weight excluding hydrogens is 258 g/mol. The van der Waals surface area contributed by atoms with Crippen LogP contribution in [0.4, 0.5) is 0 Å². The Morgan fingerprint density at radius 3 is 2.87 bits per heavy atom. The predicted octanol–water partition coefficient (Wildman–Crippen LogP) is 2.40. The van der Waals surface area contributed by atoms with Crippen molar-refractivity contribution in [2.45, 2.75) is 12.8 Å². The Kier molecular flexibility index (Phi) is 4.78. The molecule has 0 aliphatic rings. The van der Waals surface area contributed by atoms with Gasteiger partial charge in [-0.25, -0.2) is 5.06 Å². The molecule has 0 atom stereocenters. The molecule has 82 valence electrons. The van der Waals surface area contributed by atoms with Gasteiger partial charge >= 0.3 is 0 Å². The molecule has 1 rings (SSSR count). The number of carbonyl (C=O) groups excluding carboxylic acids is 1. The number of rotatable bonds is 4. The third-order valence-electron chi connectivity index (χ3n) is 2.14. The molecule has 0 saturated carbocycles. The summed E-state index contributed by atoms with van der Waals surface area (Å²) in [6, 6.07) is 7.95. The number of benzene rings is 1. The van der Waals surface area contributed by atoms with Crippen LogP contribution in [0, 0.1) is 0 Å². The van der Waals surface area contributed by atoms with Crippen molar-refractivity contribution in [1.29, 1.82) is 0 Å². The standard InChI is InChI=1S/C11H14BrNO2/c1-13(15-2)11(14)7-6-9-4-3-5-10(12)8-9/h3-5,8H,6-7H2,1-2H3. The van der Waals surface area contributed by atoms with E-state index >= 15 is 0 Å². The Labute approximate surface area is 98.1 Å². The number of aryl methyl sites for hydroxylation is 1. The minimum Gasteiger partial charge on any atom is -0.275 e. The largest absolute Gasteiger partial charge is 0.275 e. The first-order valence-electron chi connectivity index (χ1n) is 4.68. The van der Waals surface area contributed by atoms with Crippen molar-refractivity contribution in [3.05, 3.63) is 34.3 Å². The van der Waals surface area contributed by atoms with E-state index in [0.29, 0.717) is 6.42 Å². The summed E-state index contributed by atoms with van der Waals surface area (Å²) in [4.78, 5) is 16.2. The van der Waals surface area contributed by atoms with E-state index in [2.05, 4.69) is 15.9 Å². The molecule has 0 fully saturated rings. The van der Waals surface area contributed by atoms with Crippen LogP contribution in [-0.2, 0) is 16.1 Å². The summed E-state index contributed by atoms with van der Waals surface area (Å²) in [6.45, 7) is 0. The van der Waals surface area contributed by atoms with Gasteiger partial charge in [0, 0.05) is 17.9 Å². The van der Waals surface area contributed by atoms with E-state index in [-0.39, 0.29) is 5.91 Å². The molecule has 0 unspecified atom stereocenters. The Bertz CT molecular complexity index is 341. The normalized spacial score (nSPS) is 10.1. The maximum Gasteiger partial charge on any atom is 0.246 e. The van der Waals surface area contributed by atoms with Crippen molar-refractivity contribution < 1.29 is 9.63 Å². The Morgan fingerprint density at radius 1 is 1.53 bits per heavy atom. The number of carbonyl (C=O) groups is 1. The van der Waals surface area contributed by atoms with E-state index in [9.17, 15) is 4.79 Å². The molecule has 0 heterocycles. The molecule has 0 aliphatic carbocycles. The second-order valence-corrected chi connectivity index (χ2v) is 4.12. The number of hydrogen-bond acceptors (Lipinski definition) is 2. The van der Waals surface area contributed by atoms with Crippen LogP contribution >= 0.6 is 15.9 Å². The lowest BCUT2D eigenvalue weighted by Crippen LogP contribution is -2.25. The minimum absolute atomic E-state index is 0.0162. The number of hydrogen-bond donors (Lipinski definition) is 0. The molecule has 0 aliphatic heterocycles. The average molecular weight is 272 g/mol. The fourth-order valence-electron chi connectivity index (χ4n) is 1.20. The quantitative estimate of drug-likeness (QED) is 0.788. The van der Waals surface area contributed by atoms with Gasteiger partial charge in [0.2, 0.25) is 5.91 Å². The lowest BCUT2D eigenvalue weighted by molar-refractivity contribution is -0.168. The van der Waals surface area contributed by atoms with Crippen molar-refractivity contribution in [3.63, 3.8) is 0 Å². The van der Waals surface area contributed by atoms with Crippen LogP contribution in [0.3, 0.4) is 0 Å². The summed E-state index contributed by atoms with van der Waals surface area (Å²) in [5.74, 6) is -0.0162. The van der Waals surface area contributed by atoms with Gasteiger partial charge in [0.25, 0.3) is 0 Å². The van der Waals surface area contributed by atoms with Crippen LogP contribution in [0.5, 0.6) is 0 Å². The van der Waals surface area contributed by atoms with Crippen LogP contribution < -0.4 is 0 Å². The van der Waals surface area contributed by atoms with Crippen LogP contribution in [0.25, 0.3) is 0 Å². The van der Waals surface area contributed by atoms with Gasteiger partial charge in [-0.3, -0.25) is 9.63 Å². The summed E-state index contributed by atoms with van der Waals surface area (Å²) in [5.41, 5.74) is 1.14. The van der Waals surface area contributed by atoms with Crippen molar-refractivity contribution >= 4 is 21.8 Å². The summed E-state index contributed by atoms with van der Waals surface area (Å²) >= 11 is 3.39. The smallest absolute Gasteiger partial charge is 0.246 e. The van der Waals surface area contributed by atoms with Crippen LogP contribution in [0.2, 0.25) is 0 Å². The van der Waals surface area contributed by atoms with Gasteiger partial charge in [-0.15, -0.1) is 0 Å². The second-order valence-electron chi connectivity index (χ2n) is 3.20. The number of hydroxylamine groups is 2. The zero-order chi connectivity index (χ0) is 11.3. The van der Waals surface area contributed by atoms with E-state index in [0.717, 1.165) is 16.5 Å². The third-order valence-corrected chi connectivity index (χ3v) is 2.63. The number of amides is 1. The average Bonchev–Trinajstić information content (AvgIpc) is 2.25. The van der Waals surface area contributed by atoms with Gasteiger partial charge in [0.15, 0.2) is 0 Å². The molecule has 4 heteroatoms. The summed E-state index contributed by atoms with van der Waals surface area (Å²) < 4.78 is 1.03. The molecule has 0 bridgehead atoms. The highest BCUT2D eigenvalue weighted by Crippen LogP contribution is 2.13. The first kappa shape index (κ1) is 12.2.